The van der Waals surface area contributed by atoms with E-state index in [1.165, 1.54) is 0 Å². The van der Waals surface area contributed by atoms with Crippen molar-refractivity contribution in [3.8, 4) is 0 Å². The Labute approximate surface area is 129 Å². The molecule has 1 amide bonds. The van der Waals surface area contributed by atoms with E-state index < -0.39 is 0 Å². The lowest BCUT2D eigenvalue weighted by Crippen LogP contribution is -2.34. The number of amides is 1. The summed E-state index contributed by atoms with van der Waals surface area (Å²) >= 11 is 0. The van der Waals surface area contributed by atoms with Gasteiger partial charge in [0, 0.05) is 26.1 Å². The van der Waals surface area contributed by atoms with Gasteiger partial charge in [0.05, 0.1) is 39.6 Å². The van der Waals surface area contributed by atoms with Crippen LogP contribution in [0.4, 0.5) is 0 Å². The predicted molar refractivity (Wildman–Crippen MR) is 83.5 cm³/mol. The normalized spacial score (nSPS) is 12.4. The van der Waals surface area contributed by atoms with E-state index in [-0.39, 0.29) is 11.8 Å². The number of nitrogens with zero attached hydrogens (tertiary/aromatic N) is 1. The van der Waals surface area contributed by atoms with Crippen molar-refractivity contribution in [1.82, 2.24) is 10.2 Å². The zero-order valence-electron chi connectivity index (χ0n) is 14.0. The SMILES string of the molecule is CCC(C)C(=O)N(C)CCOCCOCCOCCNC. The highest BCUT2D eigenvalue weighted by Crippen LogP contribution is 2.04. The van der Waals surface area contributed by atoms with Gasteiger partial charge in [-0.3, -0.25) is 4.79 Å². The molecular weight excluding hydrogens is 272 g/mol. The fraction of sp³-hybridized carbons (Fsp3) is 0.933. The molecule has 0 aromatic carbocycles. The number of carbonyl (C=O) groups excluding carboxylic acids is 1. The first-order valence-electron chi connectivity index (χ1n) is 7.76. The summed E-state index contributed by atoms with van der Waals surface area (Å²) in [5.74, 6) is 0.261. The molecule has 0 aromatic rings. The molecule has 1 atom stereocenters. The molecule has 0 aliphatic carbocycles. The lowest BCUT2D eigenvalue weighted by Gasteiger charge is -2.20. The Kier molecular flexibility index (Phi) is 13.8. The zero-order valence-corrected chi connectivity index (χ0v) is 14.0. The van der Waals surface area contributed by atoms with Gasteiger partial charge < -0.3 is 24.4 Å². The molecule has 0 saturated heterocycles. The van der Waals surface area contributed by atoms with E-state index in [4.69, 9.17) is 14.2 Å². The molecule has 0 rings (SSSR count). The van der Waals surface area contributed by atoms with Crippen LogP contribution < -0.4 is 5.32 Å². The van der Waals surface area contributed by atoms with Crippen LogP contribution in [0.25, 0.3) is 0 Å². The van der Waals surface area contributed by atoms with E-state index in [9.17, 15) is 4.79 Å². The highest BCUT2D eigenvalue weighted by Gasteiger charge is 2.14. The summed E-state index contributed by atoms with van der Waals surface area (Å²) in [5, 5.41) is 3.01. The molecule has 6 nitrogen and oxygen atoms in total. The van der Waals surface area contributed by atoms with Gasteiger partial charge in [-0.2, -0.15) is 0 Å². The molecule has 1 unspecified atom stereocenters. The van der Waals surface area contributed by atoms with Gasteiger partial charge in [-0.15, -0.1) is 0 Å². The molecule has 0 saturated carbocycles. The fourth-order valence-corrected chi connectivity index (χ4v) is 1.58. The summed E-state index contributed by atoms with van der Waals surface area (Å²) in [6.07, 6.45) is 0.869. The van der Waals surface area contributed by atoms with Gasteiger partial charge in [-0.05, 0) is 13.5 Å². The zero-order chi connectivity index (χ0) is 15.9. The molecule has 1 N–H and O–H groups in total. The smallest absolute Gasteiger partial charge is 0.225 e. The van der Waals surface area contributed by atoms with Crippen molar-refractivity contribution in [3.63, 3.8) is 0 Å². The van der Waals surface area contributed by atoms with Crippen LogP contribution in [-0.4, -0.2) is 77.6 Å². The van der Waals surface area contributed by atoms with Crippen molar-refractivity contribution in [2.75, 3.05) is 66.8 Å². The third-order valence-electron chi connectivity index (χ3n) is 3.22. The van der Waals surface area contributed by atoms with Crippen LogP contribution in [0.2, 0.25) is 0 Å². The topological polar surface area (TPSA) is 60.0 Å². The number of nitrogens with one attached hydrogen (secondary N) is 1. The number of carbonyl (C=O) groups is 1. The Morgan fingerprint density at radius 2 is 1.57 bits per heavy atom. The van der Waals surface area contributed by atoms with E-state index in [0.29, 0.717) is 46.2 Å². The number of rotatable bonds is 14. The molecule has 21 heavy (non-hydrogen) atoms. The molecule has 0 aliphatic rings. The van der Waals surface area contributed by atoms with Gasteiger partial charge in [0.1, 0.15) is 0 Å². The van der Waals surface area contributed by atoms with Gasteiger partial charge in [0.2, 0.25) is 5.91 Å². The van der Waals surface area contributed by atoms with Gasteiger partial charge in [-0.25, -0.2) is 0 Å². The minimum Gasteiger partial charge on any atom is -0.378 e. The first-order valence-corrected chi connectivity index (χ1v) is 7.76. The van der Waals surface area contributed by atoms with Crippen molar-refractivity contribution in [3.05, 3.63) is 0 Å². The van der Waals surface area contributed by atoms with Crippen LogP contribution in [0.15, 0.2) is 0 Å². The molecule has 0 radical (unpaired) electrons. The monoisotopic (exact) mass is 304 g/mol. The Bertz CT molecular complexity index is 252. The Morgan fingerprint density at radius 3 is 2.10 bits per heavy atom. The Morgan fingerprint density at radius 1 is 1.05 bits per heavy atom. The highest BCUT2D eigenvalue weighted by atomic mass is 16.5. The number of hydrogen-bond donors (Lipinski definition) is 1. The maximum atomic E-state index is 11.8. The molecule has 6 heteroatoms. The molecule has 0 fully saturated rings. The average molecular weight is 304 g/mol. The standard InChI is InChI=1S/C15H32N2O4/c1-5-14(2)15(18)17(4)7-9-20-11-13-21-12-10-19-8-6-16-3/h14,16H,5-13H2,1-4H3. The van der Waals surface area contributed by atoms with E-state index >= 15 is 0 Å². The summed E-state index contributed by atoms with van der Waals surface area (Å²) in [5.41, 5.74) is 0. The van der Waals surface area contributed by atoms with Crippen LogP contribution in [0.1, 0.15) is 20.3 Å². The van der Waals surface area contributed by atoms with E-state index in [1.54, 1.807) is 4.90 Å². The summed E-state index contributed by atoms with van der Waals surface area (Å²) in [7, 11) is 3.71. The Balaban J connectivity index is 3.30. The predicted octanol–water partition coefficient (Wildman–Crippen LogP) is 0.760. The lowest BCUT2D eigenvalue weighted by atomic mass is 10.1. The first-order chi connectivity index (χ1) is 10.1. The van der Waals surface area contributed by atoms with E-state index in [1.807, 2.05) is 27.9 Å². The minimum atomic E-state index is 0.0845. The minimum absolute atomic E-state index is 0.0845. The third-order valence-corrected chi connectivity index (χ3v) is 3.22. The maximum absolute atomic E-state index is 11.8. The summed E-state index contributed by atoms with van der Waals surface area (Å²) < 4.78 is 16.1. The second kappa shape index (κ2) is 14.3. The molecular formula is C15H32N2O4. The molecule has 0 aromatic heterocycles. The number of hydrogen-bond acceptors (Lipinski definition) is 5. The van der Waals surface area contributed by atoms with Gasteiger partial charge in [-0.1, -0.05) is 13.8 Å². The summed E-state index contributed by atoms with van der Waals surface area (Å²) in [6, 6.07) is 0. The van der Waals surface area contributed by atoms with Crippen LogP contribution in [-0.2, 0) is 19.0 Å². The highest BCUT2D eigenvalue weighted by molar-refractivity contribution is 5.78. The summed E-state index contributed by atoms with van der Waals surface area (Å²) in [6.45, 7) is 8.97. The molecule has 0 aliphatic heterocycles. The van der Waals surface area contributed by atoms with Crippen molar-refractivity contribution in [2.45, 2.75) is 20.3 Å². The van der Waals surface area contributed by atoms with Crippen LogP contribution >= 0.6 is 0 Å². The largest absolute Gasteiger partial charge is 0.378 e. The van der Waals surface area contributed by atoms with Crippen molar-refractivity contribution in [2.24, 2.45) is 5.92 Å². The Hall–Kier alpha value is -0.690. The lowest BCUT2D eigenvalue weighted by molar-refractivity contribution is -0.134. The number of likely N-dealkylation sites (N-methyl/N-ethyl adjacent to an activating group) is 2. The quantitative estimate of drug-likeness (QED) is 0.480. The molecule has 0 spiro atoms. The van der Waals surface area contributed by atoms with E-state index in [2.05, 4.69) is 5.32 Å². The third kappa shape index (κ3) is 11.6. The second-order valence-electron chi connectivity index (χ2n) is 5.01. The van der Waals surface area contributed by atoms with Crippen LogP contribution in [0.5, 0.6) is 0 Å². The fourth-order valence-electron chi connectivity index (χ4n) is 1.58. The van der Waals surface area contributed by atoms with E-state index in [0.717, 1.165) is 13.0 Å². The van der Waals surface area contributed by atoms with Gasteiger partial charge in [0.25, 0.3) is 0 Å². The van der Waals surface area contributed by atoms with Gasteiger partial charge in [0.15, 0.2) is 0 Å². The molecule has 0 heterocycles. The maximum Gasteiger partial charge on any atom is 0.225 e. The second-order valence-corrected chi connectivity index (χ2v) is 5.01. The van der Waals surface area contributed by atoms with Crippen molar-refractivity contribution >= 4 is 5.91 Å². The van der Waals surface area contributed by atoms with Crippen LogP contribution in [0, 0.1) is 5.92 Å². The first kappa shape index (κ1) is 20.3. The average Bonchev–Trinajstić information content (AvgIpc) is 2.50. The van der Waals surface area contributed by atoms with Gasteiger partial charge >= 0.3 is 0 Å². The van der Waals surface area contributed by atoms with Crippen LogP contribution in [0.3, 0.4) is 0 Å². The van der Waals surface area contributed by atoms with Crippen molar-refractivity contribution < 1.29 is 19.0 Å². The molecule has 0 bridgehead atoms. The number of ether oxygens (including phenoxy) is 3. The van der Waals surface area contributed by atoms with Crippen molar-refractivity contribution in [1.29, 1.82) is 0 Å². The summed E-state index contributed by atoms with van der Waals surface area (Å²) in [4.78, 5) is 13.5. The molecule has 126 valence electrons.